The number of nitrogens with one attached hydrogen (secondary N) is 7. The molecule has 103 heavy (non-hydrogen) atoms. The fourth-order valence-corrected chi connectivity index (χ4v) is 16.1. The van der Waals surface area contributed by atoms with Gasteiger partial charge in [-0.15, -0.1) is 0 Å². The molecule has 10 aliphatic rings. The average molecular weight is 1380 g/mol. The lowest BCUT2D eigenvalue weighted by Gasteiger charge is -2.33. The third-order valence-electron chi connectivity index (χ3n) is 22.0. The summed E-state index contributed by atoms with van der Waals surface area (Å²) in [6.07, 6.45) is 25.3. The summed E-state index contributed by atoms with van der Waals surface area (Å²) in [5, 5.41) is 43.0. The molecule has 0 amide bonds. The molecular formula is C79H93N23O. The molecular weight excluding hydrogens is 1290 g/mol. The highest BCUT2D eigenvalue weighted by Gasteiger charge is 2.28. The maximum atomic E-state index is 6.12. The molecule has 18 heterocycles. The van der Waals surface area contributed by atoms with E-state index in [0.29, 0.717) is 24.2 Å². The van der Waals surface area contributed by atoms with Crippen LogP contribution in [0.2, 0.25) is 0 Å². The van der Waals surface area contributed by atoms with Gasteiger partial charge in [0.25, 0.3) is 0 Å². The van der Waals surface area contributed by atoms with Gasteiger partial charge in [-0.2, -0.15) is 20.4 Å². The smallest absolute Gasteiger partial charge is 0.165 e. The van der Waals surface area contributed by atoms with Crippen molar-refractivity contribution in [3.05, 3.63) is 169 Å². The monoisotopic (exact) mass is 1380 g/mol. The maximum absolute atomic E-state index is 6.12. The minimum atomic E-state index is 0.494. The van der Waals surface area contributed by atoms with E-state index in [2.05, 4.69) is 165 Å². The lowest BCUT2D eigenvalue weighted by atomic mass is 10.0. The number of benzene rings is 4. The van der Waals surface area contributed by atoms with Gasteiger partial charge < -0.3 is 51.8 Å². The van der Waals surface area contributed by atoms with E-state index in [0.717, 1.165) is 196 Å². The van der Waals surface area contributed by atoms with Crippen LogP contribution in [-0.4, -0.2) is 207 Å². The van der Waals surface area contributed by atoms with Crippen molar-refractivity contribution in [2.75, 3.05) is 142 Å². The fraction of sp³-hybridized carbons (Fsp3) is 0.392. The quantitative estimate of drug-likeness (QED) is 0.0749. The van der Waals surface area contributed by atoms with Gasteiger partial charge in [0.2, 0.25) is 0 Å². The van der Waals surface area contributed by atoms with E-state index in [-0.39, 0.29) is 0 Å². The first-order valence-electron chi connectivity index (χ1n) is 37.3. The third kappa shape index (κ3) is 14.6. The molecule has 0 radical (unpaired) electrons. The van der Waals surface area contributed by atoms with E-state index in [1.165, 1.54) is 89.8 Å². The Balaban J connectivity index is 0.000000102. The number of ether oxygens (including phenoxy) is 1. The molecule has 10 aliphatic heterocycles. The summed E-state index contributed by atoms with van der Waals surface area (Å²) in [6, 6.07) is 38.2. The molecule has 7 N–H and O–H groups in total. The van der Waals surface area contributed by atoms with Crippen molar-refractivity contribution in [3.8, 4) is 50.3 Å². The summed E-state index contributed by atoms with van der Waals surface area (Å²) < 4.78 is 13.5. The summed E-state index contributed by atoms with van der Waals surface area (Å²) >= 11 is 0. The molecule has 20 bridgehead atoms. The van der Waals surface area contributed by atoms with Gasteiger partial charge in [0.05, 0.1) is 24.8 Å². The topological polar surface area (TPSA) is 227 Å². The fourth-order valence-electron chi connectivity index (χ4n) is 16.1. The standard InChI is InChI=1S/3C20H24N6.C19H21N5O/c1-14-2-3-16-12-17(14)18-13-22-26-10-6-19(24-20(18)26)21-7-11-25-8-4-15(23-16)5-9-25;1-14-2-3-16-12-17(14)18-13-22-26-10-6-19(24-20(18)26)23-15-4-8-25(9-5-15)11-7-21-16;1-14-4-5-15-11-17(14)18-13-23-26-9-6-19(24-20(18)26)21-7-10-25-8-2-3-16(25)12-22-15;1-3-14-11-16(5-1)25-13-15-4-2-8-23(15)10-7-20-18-6-9-24-19(22-18)17(14)12-21-24/h2-3,6,10,12-13,15,23H,4-5,7-9,11H2,1H3,(H,21,24);2-3,6,10,12-13,15,21H,4-5,7-9,11H2,1H3,(H,23,24);4-6,9,11,13,16,22H,2-3,7-8,10,12H2,1H3,(H,21,24);1,3,5-6,9,11-12,15H,2,4,7-8,10,13H2,(H,20,22)/t;;16-;15-/m..00/s1. The second-order valence-corrected chi connectivity index (χ2v) is 28.8. The highest BCUT2D eigenvalue weighted by atomic mass is 16.5. The van der Waals surface area contributed by atoms with Crippen molar-refractivity contribution in [1.82, 2.24) is 78.0 Å². The van der Waals surface area contributed by atoms with Crippen molar-refractivity contribution in [2.24, 2.45) is 0 Å². The van der Waals surface area contributed by atoms with Crippen molar-refractivity contribution in [3.63, 3.8) is 0 Å². The Hall–Kier alpha value is -10.4. The van der Waals surface area contributed by atoms with Gasteiger partial charge >= 0.3 is 0 Å². The third-order valence-corrected chi connectivity index (χ3v) is 22.0. The lowest BCUT2D eigenvalue weighted by Crippen LogP contribution is -2.41. The van der Waals surface area contributed by atoms with Crippen LogP contribution in [0.5, 0.6) is 5.75 Å². The summed E-state index contributed by atoms with van der Waals surface area (Å²) in [6.45, 7) is 23.0. The van der Waals surface area contributed by atoms with Crippen molar-refractivity contribution >= 4 is 62.9 Å². The minimum absolute atomic E-state index is 0.494. The summed E-state index contributed by atoms with van der Waals surface area (Å²) in [4.78, 5) is 29.5. The number of aromatic nitrogens is 12. The first-order valence-corrected chi connectivity index (χ1v) is 37.3. The number of hydrogen-bond donors (Lipinski definition) is 7. The summed E-state index contributed by atoms with van der Waals surface area (Å²) in [7, 11) is 0. The number of rotatable bonds is 0. The molecule has 4 saturated heterocycles. The molecule has 0 aliphatic carbocycles. The number of hydrogen-bond acceptors (Lipinski definition) is 20. The molecule has 530 valence electrons. The molecule has 12 aromatic rings. The number of aryl methyl sites for hydroxylation is 3. The van der Waals surface area contributed by atoms with E-state index in [1.54, 1.807) is 0 Å². The Bertz CT molecular complexity index is 4960. The van der Waals surface area contributed by atoms with Crippen molar-refractivity contribution in [1.29, 1.82) is 0 Å². The highest BCUT2D eigenvalue weighted by molar-refractivity contribution is 5.85. The number of nitrogens with zero attached hydrogens (tertiary/aromatic N) is 16. The van der Waals surface area contributed by atoms with E-state index in [9.17, 15) is 0 Å². The Labute approximate surface area is 600 Å². The summed E-state index contributed by atoms with van der Waals surface area (Å²) in [5.41, 5.74) is 19.7. The highest BCUT2D eigenvalue weighted by Crippen LogP contribution is 2.36. The SMILES string of the molecule is Cc1ccc2cc1-c1cnn3ccc(nc13)NC1CCN(CCN2)CC1.Cc1ccc2cc1-c1cnn3ccc(nc13)NCCN1CCC(CC1)N2.Cc1ccc2cc1-c1cnn3ccc(nc13)NCCN1CCC[C@H]1CN2.c1cc2cc(c1)-c1cnn3ccc(nc13)NCCN1CCC[C@H]1CO2. The van der Waals surface area contributed by atoms with Crippen LogP contribution in [0.4, 0.5) is 40.3 Å². The van der Waals surface area contributed by atoms with Crippen LogP contribution in [-0.2, 0) is 0 Å². The van der Waals surface area contributed by atoms with Crippen molar-refractivity contribution in [2.45, 2.75) is 96.3 Å². The van der Waals surface area contributed by atoms with E-state index in [1.807, 2.05) is 104 Å². The second-order valence-electron chi connectivity index (χ2n) is 28.8. The van der Waals surface area contributed by atoms with Crippen LogP contribution in [0.3, 0.4) is 0 Å². The zero-order valence-electron chi connectivity index (χ0n) is 59.3. The van der Waals surface area contributed by atoms with Crippen LogP contribution in [0.25, 0.3) is 67.1 Å². The van der Waals surface area contributed by atoms with Crippen LogP contribution in [0, 0.1) is 20.8 Å². The van der Waals surface area contributed by atoms with Gasteiger partial charge in [0.1, 0.15) is 35.6 Å². The van der Waals surface area contributed by atoms with Gasteiger partial charge in [-0.25, -0.2) is 38.0 Å². The van der Waals surface area contributed by atoms with E-state index < -0.39 is 0 Å². The predicted octanol–water partition coefficient (Wildman–Crippen LogP) is 11.7. The first kappa shape index (κ1) is 65.9. The van der Waals surface area contributed by atoms with Crippen LogP contribution >= 0.6 is 0 Å². The van der Waals surface area contributed by atoms with Crippen LogP contribution in [0.15, 0.2) is 153 Å². The Morgan fingerprint density at radius 2 is 0.806 bits per heavy atom. The Morgan fingerprint density at radius 1 is 0.369 bits per heavy atom. The van der Waals surface area contributed by atoms with Crippen LogP contribution in [0.1, 0.15) is 68.1 Å². The van der Waals surface area contributed by atoms with E-state index >= 15 is 0 Å². The van der Waals surface area contributed by atoms with Gasteiger partial charge in [-0.3, -0.25) is 9.80 Å². The molecule has 22 rings (SSSR count). The largest absolute Gasteiger partial charge is 0.492 e. The molecule has 24 heteroatoms. The number of fused-ring (bicyclic) bond motifs is 18. The molecule has 24 nitrogen and oxygen atoms in total. The van der Waals surface area contributed by atoms with Crippen LogP contribution < -0.4 is 42.0 Å². The second kappa shape index (κ2) is 29.5. The minimum Gasteiger partial charge on any atom is -0.492 e. The first-order chi connectivity index (χ1) is 50.7. The average Bonchev–Trinajstić information content (AvgIpc) is 1.69. The molecule has 4 fully saturated rings. The molecule has 0 unspecified atom stereocenters. The zero-order chi connectivity index (χ0) is 69.2. The lowest BCUT2D eigenvalue weighted by molar-refractivity contribution is 0.177. The summed E-state index contributed by atoms with van der Waals surface area (Å²) in [5.74, 6) is 4.58. The van der Waals surface area contributed by atoms with Gasteiger partial charge in [0.15, 0.2) is 22.6 Å². The number of anilines is 7. The zero-order valence-corrected chi connectivity index (χ0v) is 59.3. The van der Waals surface area contributed by atoms with Gasteiger partial charge in [0, 0.05) is 173 Å². The van der Waals surface area contributed by atoms with Gasteiger partial charge in [-0.1, -0.05) is 30.3 Å². The molecule has 8 aromatic heterocycles. The van der Waals surface area contributed by atoms with Gasteiger partial charge in [-0.05, 0) is 197 Å². The molecule has 0 spiro atoms. The van der Waals surface area contributed by atoms with Crippen molar-refractivity contribution < 1.29 is 4.74 Å². The number of piperidine rings is 2. The maximum Gasteiger partial charge on any atom is 0.165 e. The molecule has 0 saturated carbocycles. The normalized spacial score (nSPS) is 21.5. The van der Waals surface area contributed by atoms with E-state index in [4.69, 9.17) is 24.7 Å². The predicted molar refractivity (Wildman–Crippen MR) is 411 cm³/mol. The Morgan fingerprint density at radius 3 is 1.36 bits per heavy atom. The molecule has 2 atom stereocenters. The Kier molecular flexibility index (Phi) is 18.9. The molecule has 4 aromatic carbocycles.